The summed E-state index contributed by atoms with van der Waals surface area (Å²) in [5.41, 5.74) is 2.16. The van der Waals surface area contributed by atoms with Gasteiger partial charge < -0.3 is 29.9 Å². The number of hydrogen-bond acceptors (Lipinski definition) is 11. The molecule has 0 saturated carbocycles. The Morgan fingerprint density at radius 1 is 1.27 bits per heavy atom. The first-order valence-electron chi connectivity index (χ1n) is 12.7. The molecule has 13 nitrogen and oxygen atoms in total. The van der Waals surface area contributed by atoms with Gasteiger partial charge in [0.15, 0.2) is 17.9 Å². The molecule has 0 amide bonds. The quantitative estimate of drug-likeness (QED) is 0.199. The first-order chi connectivity index (χ1) is 19.2. The van der Waals surface area contributed by atoms with Crippen LogP contribution in [0, 0.1) is 5.82 Å². The van der Waals surface area contributed by atoms with Crippen molar-refractivity contribution in [2.45, 2.75) is 63.9 Å². The van der Waals surface area contributed by atoms with E-state index in [1.165, 1.54) is 6.92 Å². The Morgan fingerprint density at radius 3 is 2.66 bits per heavy atom. The van der Waals surface area contributed by atoms with Crippen molar-refractivity contribution in [2.75, 3.05) is 12.3 Å². The number of nitrogens with two attached hydrogens (primary N) is 1. The van der Waals surface area contributed by atoms with E-state index in [2.05, 4.69) is 10.1 Å². The van der Waals surface area contributed by atoms with Gasteiger partial charge in [-0.15, -0.1) is 0 Å². The minimum atomic E-state index is -4.42. The standard InChI is InChI=1S/C26H32FN4O9P/c1-14(2)38-23(33)15(3)30-41(36,40-19-11-7-9-16-8-5-6-10-17(16)19)37-13-20-21(32)26(4,35)24(39-20)31-12-18(27)22(28)29-25(31)34/h5-12,14-15,20-21,24,32,35H,13H2,1-4H3,(H,30,36)(H2,28,29,34)/t15-,20-,21-,24-,26-,41+/m1/s1. The summed E-state index contributed by atoms with van der Waals surface area (Å²) >= 11 is 0. The van der Waals surface area contributed by atoms with Crippen LogP contribution in [0.25, 0.3) is 10.8 Å². The molecule has 1 saturated heterocycles. The van der Waals surface area contributed by atoms with E-state index in [1.807, 2.05) is 18.2 Å². The number of fused-ring (bicyclic) bond motifs is 1. The Kier molecular flexibility index (Phi) is 8.83. The largest absolute Gasteiger partial charge is 0.462 e. The first-order valence-corrected chi connectivity index (χ1v) is 14.3. The third-order valence-electron chi connectivity index (χ3n) is 6.38. The molecule has 1 fully saturated rings. The summed E-state index contributed by atoms with van der Waals surface area (Å²) in [7, 11) is -4.42. The van der Waals surface area contributed by atoms with Crippen molar-refractivity contribution in [1.82, 2.24) is 14.6 Å². The fraction of sp³-hybridized carbons (Fsp3) is 0.423. The normalized spacial score (nSPS) is 24.7. The summed E-state index contributed by atoms with van der Waals surface area (Å²) in [6.07, 6.45) is -4.44. The Bertz CT molecular complexity index is 1530. The zero-order valence-electron chi connectivity index (χ0n) is 22.8. The number of halogens is 1. The van der Waals surface area contributed by atoms with Crippen LogP contribution in [0.1, 0.15) is 33.9 Å². The van der Waals surface area contributed by atoms with E-state index < -0.39 is 73.8 Å². The molecule has 1 aliphatic rings. The van der Waals surface area contributed by atoms with Gasteiger partial charge in [-0.25, -0.2) is 13.8 Å². The number of nitrogens with zero attached hydrogens (tertiary/aromatic N) is 2. The summed E-state index contributed by atoms with van der Waals surface area (Å²) in [6.45, 7) is 5.24. The molecule has 41 heavy (non-hydrogen) atoms. The second kappa shape index (κ2) is 11.8. The van der Waals surface area contributed by atoms with Gasteiger partial charge in [0.05, 0.1) is 18.9 Å². The Hall–Kier alpha value is -3.39. The van der Waals surface area contributed by atoms with Crippen molar-refractivity contribution < 1.29 is 42.5 Å². The molecular formula is C26H32FN4O9P. The van der Waals surface area contributed by atoms with Gasteiger partial charge in [-0.3, -0.25) is 13.9 Å². The number of anilines is 1. The number of carbonyl (C=O) groups is 1. The molecular weight excluding hydrogens is 562 g/mol. The summed E-state index contributed by atoms with van der Waals surface area (Å²) in [4.78, 5) is 28.2. The topological polar surface area (TPSA) is 184 Å². The van der Waals surface area contributed by atoms with Gasteiger partial charge in [0, 0.05) is 5.39 Å². The van der Waals surface area contributed by atoms with E-state index in [1.54, 1.807) is 38.1 Å². The van der Waals surface area contributed by atoms with Crippen molar-refractivity contribution in [3.05, 3.63) is 65.0 Å². The molecule has 0 aliphatic carbocycles. The fourth-order valence-corrected chi connectivity index (χ4v) is 5.82. The van der Waals surface area contributed by atoms with Gasteiger partial charge >= 0.3 is 19.4 Å². The number of esters is 1. The summed E-state index contributed by atoms with van der Waals surface area (Å²) in [5.74, 6) is -2.23. The van der Waals surface area contributed by atoms with E-state index in [0.717, 1.165) is 12.3 Å². The van der Waals surface area contributed by atoms with Crippen molar-refractivity contribution in [3.8, 4) is 5.75 Å². The van der Waals surface area contributed by atoms with Crippen molar-refractivity contribution in [3.63, 3.8) is 0 Å². The van der Waals surface area contributed by atoms with Gasteiger partial charge in [0.25, 0.3) is 0 Å². The number of aliphatic hydroxyl groups excluding tert-OH is 1. The fourth-order valence-electron chi connectivity index (χ4n) is 4.29. The molecule has 2 heterocycles. The first kappa shape index (κ1) is 30.6. The van der Waals surface area contributed by atoms with E-state index in [4.69, 9.17) is 24.3 Å². The molecule has 3 aromatic rings. The zero-order valence-corrected chi connectivity index (χ0v) is 23.7. The monoisotopic (exact) mass is 594 g/mol. The van der Waals surface area contributed by atoms with E-state index in [0.29, 0.717) is 16.2 Å². The summed E-state index contributed by atoms with van der Waals surface area (Å²) in [5, 5.41) is 25.7. The zero-order chi connectivity index (χ0) is 30.1. The predicted octanol–water partition coefficient (Wildman–Crippen LogP) is 2.26. The number of aromatic nitrogens is 2. The van der Waals surface area contributed by atoms with Gasteiger partial charge in [-0.2, -0.15) is 10.1 Å². The van der Waals surface area contributed by atoms with Crippen LogP contribution in [0.3, 0.4) is 0 Å². The molecule has 1 aromatic heterocycles. The SMILES string of the molecule is CC(C)OC(=O)[C@@H](C)N[P@](=O)(OC[C@H]1O[C@@H](n2cc(F)c(N)nc2=O)[C@](C)(O)[C@@H]1O)Oc1cccc2ccccc12. The number of nitrogens with one attached hydrogen (secondary N) is 1. The number of carbonyl (C=O) groups excluding carboxylic acids is 1. The molecule has 4 rings (SSSR count). The maximum Gasteiger partial charge on any atom is 0.459 e. The molecule has 0 radical (unpaired) electrons. The Balaban J connectivity index is 1.60. The number of rotatable bonds is 10. The molecule has 0 spiro atoms. The maximum atomic E-state index is 14.1. The number of nitrogen functional groups attached to an aromatic ring is 1. The van der Waals surface area contributed by atoms with Crippen LogP contribution >= 0.6 is 7.75 Å². The van der Waals surface area contributed by atoms with Crippen molar-refractivity contribution in [1.29, 1.82) is 0 Å². The minimum Gasteiger partial charge on any atom is -0.462 e. The number of hydrogen-bond donors (Lipinski definition) is 4. The highest BCUT2D eigenvalue weighted by atomic mass is 31.2. The van der Waals surface area contributed by atoms with Crippen LogP contribution in [0.15, 0.2) is 53.5 Å². The van der Waals surface area contributed by atoms with E-state index in [-0.39, 0.29) is 5.75 Å². The van der Waals surface area contributed by atoms with Crippen LogP contribution in [-0.2, 0) is 23.4 Å². The van der Waals surface area contributed by atoms with Crippen LogP contribution in [0.2, 0.25) is 0 Å². The number of ether oxygens (including phenoxy) is 2. The molecule has 0 unspecified atom stereocenters. The van der Waals surface area contributed by atoms with Gasteiger partial charge in [0.1, 0.15) is 29.6 Å². The lowest BCUT2D eigenvalue weighted by Crippen LogP contribution is -2.46. The molecule has 0 bridgehead atoms. The van der Waals surface area contributed by atoms with Crippen LogP contribution < -0.4 is 21.0 Å². The number of benzene rings is 2. The lowest BCUT2D eigenvalue weighted by atomic mass is 9.96. The van der Waals surface area contributed by atoms with Gasteiger partial charge in [0.2, 0.25) is 0 Å². The van der Waals surface area contributed by atoms with Gasteiger partial charge in [-0.05, 0) is 39.1 Å². The second-order valence-corrected chi connectivity index (χ2v) is 11.8. The maximum absolute atomic E-state index is 14.1. The van der Waals surface area contributed by atoms with Crippen LogP contribution in [0.5, 0.6) is 5.75 Å². The average Bonchev–Trinajstić information content (AvgIpc) is 3.13. The number of aliphatic hydroxyl groups is 2. The smallest absolute Gasteiger partial charge is 0.459 e. The van der Waals surface area contributed by atoms with E-state index >= 15 is 0 Å². The molecule has 5 N–H and O–H groups in total. The lowest BCUT2D eigenvalue weighted by molar-refractivity contribution is -0.149. The Morgan fingerprint density at radius 2 is 1.95 bits per heavy atom. The molecule has 6 atom stereocenters. The van der Waals surface area contributed by atoms with Crippen molar-refractivity contribution in [2.24, 2.45) is 0 Å². The Labute approximate surface area is 234 Å². The van der Waals surface area contributed by atoms with Crippen molar-refractivity contribution >= 4 is 30.3 Å². The average molecular weight is 595 g/mol. The minimum absolute atomic E-state index is 0.177. The molecule has 222 valence electrons. The third kappa shape index (κ3) is 6.58. The summed E-state index contributed by atoms with van der Waals surface area (Å²) in [6, 6.07) is 11.1. The highest BCUT2D eigenvalue weighted by molar-refractivity contribution is 7.52. The third-order valence-corrected chi connectivity index (χ3v) is 8.01. The molecule has 2 aromatic carbocycles. The van der Waals surface area contributed by atoms with Crippen LogP contribution in [0.4, 0.5) is 10.2 Å². The second-order valence-electron chi connectivity index (χ2n) is 10.1. The van der Waals surface area contributed by atoms with Crippen LogP contribution in [-0.4, -0.2) is 62.3 Å². The van der Waals surface area contributed by atoms with Gasteiger partial charge in [-0.1, -0.05) is 36.4 Å². The highest BCUT2D eigenvalue weighted by Gasteiger charge is 2.54. The predicted molar refractivity (Wildman–Crippen MR) is 145 cm³/mol. The molecule has 1 aliphatic heterocycles. The van der Waals surface area contributed by atoms with E-state index in [9.17, 15) is 28.8 Å². The lowest BCUT2D eigenvalue weighted by Gasteiger charge is -2.27. The highest BCUT2D eigenvalue weighted by Crippen LogP contribution is 2.48. The summed E-state index contributed by atoms with van der Waals surface area (Å²) < 4.78 is 51.1. The molecule has 15 heteroatoms.